The van der Waals surface area contributed by atoms with Gasteiger partial charge < -0.3 is 19.4 Å². The van der Waals surface area contributed by atoms with Gasteiger partial charge in [0.05, 0.1) is 24.4 Å². The fraction of sp³-hybridized carbons (Fsp3) is 0.263. The van der Waals surface area contributed by atoms with E-state index in [9.17, 15) is 4.79 Å². The van der Waals surface area contributed by atoms with Crippen LogP contribution < -0.4 is 15.0 Å². The number of amides is 1. The SMILES string of the molecule is COc1ccccc1N1CCC(NC(=O)c2nccc3occc23)C1. The zero-order valence-electron chi connectivity index (χ0n) is 13.9. The monoisotopic (exact) mass is 337 g/mol. The number of hydrogen-bond acceptors (Lipinski definition) is 5. The summed E-state index contributed by atoms with van der Waals surface area (Å²) in [6, 6.07) is 11.5. The van der Waals surface area contributed by atoms with Gasteiger partial charge in [-0.25, -0.2) is 0 Å². The van der Waals surface area contributed by atoms with Crippen LogP contribution >= 0.6 is 0 Å². The van der Waals surface area contributed by atoms with Crippen LogP contribution in [0.15, 0.2) is 53.3 Å². The van der Waals surface area contributed by atoms with Crippen LogP contribution in [0.4, 0.5) is 5.69 Å². The van der Waals surface area contributed by atoms with Crippen LogP contribution in [-0.4, -0.2) is 37.1 Å². The molecule has 6 nitrogen and oxygen atoms in total. The minimum Gasteiger partial charge on any atom is -0.495 e. The van der Waals surface area contributed by atoms with Crippen molar-refractivity contribution in [1.29, 1.82) is 0 Å². The van der Waals surface area contributed by atoms with Crippen LogP contribution in [0.3, 0.4) is 0 Å². The molecule has 2 aromatic heterocycles. The number of nitrogens with one attached hydrogen (secondary N) is 1. The third kappa shape index (κ3) is 2.91. The Bertz CT molecular complexity index is 906. The number of ether oxygens (including phenoxy) is 1. The zero-order valence-corrected chi connectivity index (χ0v) is 13.9. The average molecular weight is 337 g/mol. The van der Waals surface area contributed by atoms with Gasteiger partial charge in [0.2, 0.25) is 0 Å². The van der Waals surface area contributed by atoms with Crippen LogP contribution in [0.2, 0.25) is 0 Å². The maximum absolute atomic E-state index is 12.6. The predicted molar refractivity (Wildman–Crippen MR) is 95.1 cm³/mol. The highest BCUT2D eigenvalue weighted by Crippen LogP contribution is 2.30. The molecule has 128 valence electrons. The van der Waals surface area contributed by atoms with Gasteiger partial charge in [0.25, 0.3) is 5.91 Å². The van der Waals surface area contributed by atoms with Crippen molar-refractivity contribution in [3.63, 3.8) is 0 Å². The summed E-state index contributed by atoms with van der Waals surface area (Å²) in [6.45, 7) is 1.61. The Hall–Kier alpha value is -3.02. The zero-order chi connectivity index (χ0) is 17.2. The number of carbonyl (C=O) groups excluding carboxylic acids is 1. The lowest BCUT2D eigenvalue weighted by molar-refractivity contribution is 0.0937. The first-order chi connectivity index (χ1) is 12.3. The fourth-order valence-electron chi connectivity index (χ4n) is 3.32. The van der Waals surface area contributed by atoms with E-state index in [0.717, 1.165) is 36.3 Å². The van der Waals surface area contributed by atoms with Crippen molar-refractivity contribution in [3.05, 3.63) is 54.6 Å². The van der Waals surface area contributed by atoms with Gasteiger partial charge in [0.15, 0.2) is 0 Å². The summed E-state index contributed by atoms with van der Waals surface area (Å²) >= 11 is 0. The number of methoxy groups -OCH3 is 1. The first kappa shape index (κ1) is 15.5. The normalized spacial score (nSPS) is 17.0. The number of pyridine rings is 1. The number of hydrogen-bond donors (Lipinski definition) is 1. The van der Waals surface area contributed by atoms with E-state index >= 15 is 0 Å². The van der Waals surface area contributed by atoms with Crippen molar-refractivity contribution in [2.75, 3.05) is 25.1 Å². The summed E-state index contributed by atoms with van der Waals surface area (Å²) in [5, 5.41) is 3.82. The first-order valence-corrected chi connectivity index (χ1v) is 8.27. The number of furan rings is 1. The lowest BCUT2D eigenvalue weighted by atomic mass is 10.2. The molecular weight excluding hydrogens is 318 g/mol. The molecule has 1 aliphatic heterocycles. The minimum atomic E-state index is -0.168. The number of rotatable bonds is 4. The Morgan fingerprint density at radius 1 is 1.32 bits per heavy atom. The molecule has 1 aromatic carbocycles. The highest BCUT2D eigenvalue weighted by Gasteiger charge is 2.27. The lowest BCUT2D eigenvalue weighted by Crippen LogP contribution is -2.37. The van der Waals surface area contributed by atoms with Gasteiger partial charge >= 0.3 is 0 Å². The van der Waals surface area contributed by atoms with E-state index in [1.807, 2.05) is 24.3 Å². The first-order valence-electron chi connectivity index (χ1n) is 8.27. The van der Waals surface area contributed by atoms with Crippen LogP contribution in [0.5, 0.6) is 5.75 Å². The third-order valence-corrected chi connectivity index (χ3v) is 4.54. The topological polar surface area (TPSA) is 67.6 Å². The number of nitrogens with zero attached hydrogens (tertiary/aromatic N) is 2. The molecular formula is C19H19N3O3. The molecule has 0 spiro atoms. The Morgan fingerprint density at radius 2 is 2.20 bits per heavy atom. The van der Waals surface area contributed by atoms with Crippen molar-refractivity contribution >= 4 is 22.6 Å². The summed E-state index contributed by atoms with van der Waals surface area (Å²) in [7, 11) is 1.67. The molecule has 1 atom stereocenters. The largest absolute Gasteiger partial charge is 0.495 e. The summed E-state index contributed by atoms with van der Waals surface area (Å²) in [4.78, 5) is 19.1. The third-order valence-electron chi connectivity index (χ3n) is 4.54. The number of aromatic nitrogens is 1. The molecule has 0 bridgehead atoms. The van der Waals surface area contributed by atoms with E-state index in [1.54, 1.807) is 31.7 Å². The predicted octanol–water partition coefficient (Wildman–Crippen LogP) is 2.85. The molecule has 0 radical (unpaired) electrons. The van der Waals surface area contributed by atoms with E-state index < -0.39 is 0 Å². The van der Waals surface area contributed by atoms with Gasteiger partial charge in [0, 0.05) is 25.3 Å². The molecule has 4 rings (SSSR count). The summed E-state index contributed by atoms with van der Waals surface area (Å²) < 4.78 is 10.8. The van der Waals surface area contributed by atoms with Crippen molar-refractivity contribution in [2.45, 2.75) is 12.5 Å². The maximum Gasteiger partial charge on any atom is 0.270 e. The Morgan fingerprint density at radius 3 is 3.08 bits per heavy atom. The van der Waals surface area contributed by atoms with Gasteiger partial charge in [-0.05, 0) is 30.7 Å². The Balaban J connectivity index is 1.48. The van der Waals surface area contributed by atoms with Crippen molar-refractivity contribution in [2.24, 2.45) is 0 Å². The average Bonchev–Trinajstić information content (AvgIpc) is 3.30. The molecule has 3 aromatic rings. The van der Waals surface area contributed by atoms with E-state index in [2.05, 4.69) is 15.2 Å². The molecule has 1 aliphatic rings. The van der Waals surface area contributed by atoms with Crippen LogP contribution in [0, 0.1) is 0 Å². The summed E-state index contributed by atoms with van der Waals surface area (Å²) in [6.07, 6.45) is 4.05. The van der Waals surface area contributed by atoms with E-state index in [4.69, 9.17) is 9.15 Å². The quantitative estimate of drug-likeness (QED) is 0.793. The molecule has 0 aliphatic carbocycles. The number of fused-ring (bicyclic) bond motifs is 1. The second-order valence-corrected chi connectivity index (χ2v) is 6.07. The van der Waals surface area contributed by atoms with E-state index in [1.165, 1.54) is 0 Å². The molecule has 25 heavy (non-hydrogen) atoms. The minimum absolute atomic E-state index is 0.0707. The summed E-state index contributed by atoms with van der Waals surface area (Å²) in [5.74, 6) is 0.679. The maximum atomic E-state index is 12.6. The lowest BCUT2D eigenvalue weighted by Gasteiger charge is -2.21. The van der Waals surface area contributed by atoms with Gasteiger partial charge in [-0.3, -0.25) is 9.78 Å². The molecule has 1 fully saturated rings. The van der Waals surface area contributed by atoms with E-state index in [0.29, 0.717) is 11.3 Å². The molecule has 3 heterocycles. The molecule has 1 saturated heterocycles. The van der Waals surface area contributed by atoms with Crippen molar-refractivity contribution in [1.82, 2.24) is 10.3 Å². The number of carbonyl (C=O) groups is 1. The molecule has 1 N–H and O–H groups in total. The molecule has 0 saturated carbocycles. The van der Waals surface area contributed by atoms with Crippen LogP contribution in [-0.2, 0) is 0 Å². The number of para-hydroxylation sites is 2. The van der Waals surface area contributed by atoms with E-state index in [-0.39, 0.29) is 11.9 Å². The van der Waals surface area contributed by atoms with Crippen molar-refractivity contribution < 1.29 is 13.9 Å². The van der Waals surface area contributed by atoms with Gasteiger partial charge in [-0.2, -0.15) is 0 Å². The summed E-state index contributed by atoms with van der Waals surface area (Å²) in [5.41, 5.74) is 2.13. The van der Waals surface area contributed by atoms with Gasteiger partial charge in [0.1, 0.15) is 17.0 Å². The molecule has 6 heteroatoms. The second-order valence-electron chi connectivity index (χ2n) is 6.07. The van der Waals surface area contributed by atoms with Crippen molar-refractivity contribution in [3.8, 4) is 5.75 Å². The fourth-order valence-corrected chi connectivity index (χ4v) is 3.32. The highest BCUT2D eigenvalue weighted by atomic mass is 16.5. The number of anilines is 1. The highest BCUT2D eigenvalue weighted by molar-refractivity contribution is 6.04. The van der Waals surface area contributed by atoms with Crippen LogP contribution in [0.1, 0.15) is 16.9 Å². The smallest absolute Gasteiger partial charge is 0.270 e. The standard InChI is InChI=1S/C19H19N3O3/c1-24-17-5-3-2-4-15(17)22-10-7-13(12-22)21-19(23)18-14-8-11-25-16(14)6-9-20-18/h2-6,8-9,11,13H,7,10,12H2,1H3,(H,21,23). The Kier molecular flexibility index (Phi) is 4.01. The molecule has 1 unspecified atom stereocenters. The van der Waals surface area contributed by atoms with Crippen LogP contribution in [0.25, 0.3) is 11.0 Å². The number of benzene rings is 1. The second kappa shape index (κ2) is 6.47. The Labute approximate surface area is 145 Å². The van der Waals surface area contributed by atoms with Gasteiger partial charge in [-0.15, -0.1) is 0 Å². The van der Waals surface area contributed by atoms with Gasteiger partial charge in [-0.1, -0.05) is 12.1 Å². The molecule has 1 amide bonds.